The van der Waals surface area contributed by atoms with Gasteiger partial charge in [0, 0.05) is 12.7 Å². The molecule has 0 unspecified atom stereocenters. The van der Waals surface area contributed by atoms with Crippen molar-refractivity contribution in [2.75, 3.05) is 18.0 Å². The molecule has 0 spiro atoms. The number of likely N-dealkylation sites (N-methyl/N-ethyl adjacent to an activating group) is 1. The van der Waals surface area contributed by atoms with Gasteiger partial charge < -0.3 is 15.7 Å². The minimum absolute atomic E-state index is 0.0907. The van der Waals surface area contributed by atoms with Crippen molar-refractivity contribution in [2.24, 2.45) is 5.73 Å². The van der Waals surface area contributed by atoms with Gasteiger partial charge >= 0.3 is 0 Å². The summed E-state index contributed by atoms with van der Waals surface area (Å²) in [4.78, 5) is 17.2. The Kier molecular flexibility index (Phi) is 3.47. The number of hydrogen-bond donors (Lipinski definition) is 2. The zero-order valence-electron chi connectivity index (χ0n) is 10.2. The summed E-state index contributed by atoms with van der Waals surface area (Å²) in [6.45, 7) is 2.46. The smallest absolute Gasteiger partial charge is 0.236 e. The summed E-state index contributed by atoms with van der Waals surface area (Å²) >= 11 is 0. The Bertz CT molecular complexity index is 564. The highest BCUT2D eigenvalue weighted by atomic mass is 16.3. The number of pyridine rings is 1. The number of primary amides is 1. The van der Waals surface area contributed by atoms with Crippen LogP contribution in [-0.2, 0) is 11.4 Å². The summed E-state index contributed by atoms with van der Waals surface area (Å²) in [6, 6.07) is 5.58. The lowest BCUT2D eigenvalue weighted by molar-refractivity contribution is -0.116. The zero-order valence-corrected chi connectivity index (χ0v) is 10.2. The molecule has 3 N–H and O–H groups in total. The predicted molar refractivity (Wildman–Crippen MR) is 68.2 cm³/mol. The fraction of sp³-hybridized carbons (Fsp3) is 0.333. The number of carbonyl (C=O) groups is 1. The van der Waals surface area contributed by atoms with Crippen LogP contribution in [0.2, 0.25) is 0 Å². The maximum absolute atomic E-state index is 11.0. The van der Waals surface area contributed by atoms with Gasteiger partial charge in [0.2, 0.25) is 5.91 Å². The molecule has 0 aliphatic rings. The van der Waals surface area contributed by atoms with E-state index in [0.29, 0.717) is 18.1 Å². The predicted octanol–water partition coefficient (Wildman–Crippen LogP) is 0.138. The van der Waals surface area contributed by atoms with Gasteiger partial charge in [0.1, 0.15) is 5.65 Å². The van der Waals surface area contributed by atoms with E-state index in [1.165, 1.54) is 0 Å². The van der Waals surface area contributed by atoms with Crippen LogP contribution in [0, 0.1) is 0 Å². The van der Waals surface area contributed by atoms with Crippen LogP contribution in [0.1, 0.15) is 12.6 Å². The highest BCUT2D eigenvalue weighted by Gasteiger charge is 2.17. The van der Waals surface area contributed by atoms with Crippen LogP contribution in [0.3, 0.4) is 0 Å². The number of hydrogen-bond acceptors (Lipinski definition) is 4. The normalized spacial score (nSPS) is 10.8. The van der Waals surface area contributed by atoms with E-state index < -0.39 is 5.91 Å². The number of nitrogens with two attached hydrogens (primary N) is 1. The number of imidazole rings is 1. The summed E-state index contributed by atoms with van der Waals surface area (Å²) in [5.41, 5.74) is 6.61. The fourth-order valence-corrected chi connectivity index (χ4v) is 1.96. The molecular formula is C12H16N4O2. The van der Waals surface area contributed by atoms with Gasteiger partial charge in [-0.15, -0.1) is 0 Å². The Morgan fingerprint density at radius 2 is 2.33 bits per heavy atom. The number of anilines is 1. The first-order chi connectivity index (χ1) is 8.67. The molecule has 2 aromatic rings. The molecule has 96 valence electrons. The third kappa shape index (κ3) is 2.14. The monoisotopic (exact) mass is 248 g/mol. The summed E-state index contributed by atoms with van der Waals surface area (Å²) < 4.78 is 1.80. The summed E-state index contributed by atoms with van der Waals surface area (Å²) in [6.07, 6.45) is 1.83. The second kappa shape index (κ2) is 5.05. The fourth-order valence-electron chi connectivity index (χ4n) is 1.96. The molecule has 0 fully saturated rings. The van der Waals surface area contributed by atoms with E-state index in [0.717, 1.165) is 5.65 Å². The van der Waals surface area contributed by atoms with Gasteiger partial charge in [-0.05, 0) is 19.1 Å². The van der Waals surface area contributed by atoms with Crippen molar-refractivity contribution >= 4 is 17.4 Å². The van der Waals surface area contributed by atoms with Crippen molar-refractivity contribution in [1.82, 2.24) is 9.38 Å². The summed E-state index contributed by atoms with van der Waals surface area (Å²) in [5, 5.41) is 9.48. The van der Waals surface area contributed by atoms with Crippen molar-refractivity contribution in [1.29, 1.82) is 0 Å². The first kappa shape index (κ1) is 12.4. The van der Waals surface area contributed by atoms with Crippen molar-refractivity contribution in [2.45, 2.75) is 13.5 Å². The summed E-state index contributed by atoms with van der Waals surface area (Å²) in [7, 11) is 0. The van der Waals surface area contributed by atoms with E-state index >= 15 is 0 Å². The molecule has 0 bridgehead atoms. The standard InChI is InChI=1S/C12H16N4O2/c1-2-15(7-10(13)18)12-9(8-17)16-6-4-3-5-11(16)14-12/h3-6,17H,2,7-8H2,1H3,(H2,13,18). The van der Waals surface area contributed by atoms with E-state index in [2.05, 4.69) is 4.98 Å². The van der Waals surface area contributed by atoms with Gasteiger partial charge in [0.15, 0.2) is 5.82 Å². The van der Waals surface area contributed by atoms with Crippen LogP contribution in [0.15, 0.2) is 24.4 Å². The van der Waals surface area contributed by atoms with Crippen LogP contribution in [0.25, 0.3) is 5.65 Å². The van der Waals surface area contributed by atoms with Crippen molar-refractivity contribution in [3.8, 4) is 0 Å². The van der Waals surface area contributed by atoms with Gasteiger partial charge in [-0.25, -0.2) is 4.98 Å². The number of aliphatic hydroxyl groups excluding tert-OH is 1. The largest absolute Gasteiger partial charge is 0.390 e. The molecule has 0 radical (unpaired) electrons. The van der Waals surface area contributed by atoms with Gasteiger partial charge in [-0.1, -0.05) is 6.07 Å². The molecule has 0 saturated carbocycles. The van der Waals surface area contributed by atoms with Crippen LogP contribution < -0.4 is 10.6 Å². The molecule has 18 heavy (non-hydrogen) atoms. The van der Waals surface area contributed by atoms with Gasteiger partial charge in [0.25, 0.3) is 0 Å². The molecule has 0 aliphatic carbocycles. The molecular weight excluding hydrogens is 232 g/mol. The second-order valence-electron chi connectivity index (χ2n) is 3.95. The van der Waals surface area contributed by atoms with Crippen molar-refractivity contribution in [3.63, 3.8) is 0 Å². The second-order valence-corrected chi connectivity index (χ2v) is 3.95. The van der Waals surface area contributed by atoms with Crippen molar-refractivity contribution in [3.05, 3.63) is 30.1 Å². The molecule has 2 aromatic heterocycles. The Hall–Kier alpha value is -2.08. The van der Waals surface area contributed by atoms with Crippen LogP contribution in [-0.4, -0.2) is 33.5 Å². The van der Waals surface area contributed by atoms with Crippen LogP contribution in [0.5, 0.6) is 0 Å². The van der Waals surface area contributed by atoms with Crippen molar-refractivity contribution < 1.29 is 9.90 Å². The van der Waals surface area contributed by atoms with Crippen LogP contribution in [0.4, 0.5) is 5.82 Å². The number of carbonyl (C=O) groups excluding carboxylic acids is 1. The minimum Gasteiger partial charge on any atom is -0.390 e. The zero-order chi connectivity index (χ0) is 13.1. The van der Waals surface area contributed by atoms with E-state index in [4.69, 9.17) is 5.73 Å². The van der Waals surface area contributed by atoms with E-state index in [-0.39, 0.29) is 13.2 Å². The molecule has 0 atom stereocenters. The van der Waals surface area contributed by atoms with Crippen LogP contribution >= 0.6 is 0 Å². The number of nitrogens with zero attached hydrogens (tertiary/aromatic N) is 3. The third-order valence-electron chi connectivity index (χ3n) is 2.79. The molecule has 0 aliphatic heterocycles. The van der Waals surface area contributed by atoms with Gasteiger partial charge in [-0.2, -0.15) is 0 Å². The lowest BCUT2D eigenvalue weighted by Gasteiger charge is -2.19. The first-order valence-corrected chi connectivity index (χ1v) is 5.77. The lowest BCUT2D eigenvalue weighted by Crippen LogP contribution is -2.34. The third-order valence-corrected chi connectivity index (χ3v) is 2.79. The van der Waals surface area contributed by atoms with Gasteiger partial charge in [-0.3, -0.25) is 9.20 Å². The molecule has 2 rings (SSSR count). The SMILES string of the molecule is CCN(CC(N)=O)c1nc2ccccn2c1CO. The lowest BCUT2D eigenvalue weighted by atomic mass is 10.3. The summed E-state index contributed by atoms with van der Waals surface area (Å²) in [5.74, 6) is 0.183. The molecule has 0 aromatic carbocycles. The topological polar surface area (TPSA) is 83.9 Å². The highest BCUT2D eigenvalue weighted by molar-refractivity contribution is 5.79. The maximum atomic E-state index is 11.0. The number of rotatable bonds is 5. The highest BCUT2D eigenvalue weighted by Crippen LogP contribution is 2.21. The average Bonchev–Trinajstić information content (AvgIpc) is 2.73. The quantitative estimate of drug-likeness (QED) is 0.788. The number of aliphatic hydroxyl groups is 1. The number of amides is 1. The average molecular weight is 248 g/mol. The molecule has 6 heteroatoms. The Morgan fingerprint density at radius 3 is 2.94 bits per heavy atom. The molecule has 0 saturated heterocycles. The number of fused-ring (bicyclic) bond motifs is 1. The minimum atomic E-state index is -0.419. The van der Waals surface area contributed by atoms with E-state index in [1.807, 2.05) is 31.3 Å². The number of aromatic nitrogens is 2. The molecule has 2 heterocycles. The van der Waals surface area contributed by atoms with E-state index in [1.54, 1.807) is 9.30 Å². The molecule has 1 amide bonds. The Balaban J connectivity index is 2.51. The first-order valence-electron chi connectivity index (χ1n) is 5.77. The molecule has 6 nitrogen and oxygen atoms in total. The van der Waals surface area contributed by atoms with E-state index in [9.17, 15) is 9.90 Å². The maximum Gasteiger partial charge on any atom is 0.236 e. The van der Waals surface area contributed by atoms with Gasteiger partial charge in [0.05, 0.1) is 18.8 Å². The Morgan fingerprint density at radius 1 is 1.56 bits per heavy atom. The Labute approximate surface area is 105 Å².